The fourth-order valence-corrected chi connectivity index (χ4v) is 3.27. The summed E-state index contributed by atoms with van der Waals surface area (Å²) in [5.41, 5.74) is 3.76. The minimum absolute atomic E-state index is 0.249. The van der Waals surface area contributed by atoms with Gasteiger partial charge in [0.2, 0.25) is 0 Å². The molecule has 1 heterocycles. The third kappa shape index (κ3) is 3.69. The van der Waals surface area contributed by atoms with Crippen LogP contribution in [-0.4, -0.2) is 29.5 Å². The quantitative estimate of drug-likeness (QED) is 0.652. The number of hydrogen-bond acceptors (Lipinski definition) is 5. The van der Waals surface area contributed by atoms with Gasteiger partial charge < -0.3 is 9.64 Å². The number of fused-ring (bicyclic) bond motifs is 1. The molecule has 5 nitrogen and oxygen atoms in total. The first-order valence-corrected chi connectivity index (χ1v) is 8.88. The number of para-hydroxylation sites is 1. The second kappa shape index (κ2) is 7.44. The molecule has 2 aromatic carbocycles. The van der Waals surface area contributed by atoms with E-state index in [0.29, 0.717) is 12.1 Å². The zero-order chi connectivity index (χ0) is 17.8. The van der Waals surface area contributed by atoms with Crippen LogP contribution in [0.25, 0.3) is 10.2 Å². The van der Waals surface area contributed by atoms with Gasteiger partial charge in [-0.2, -0.15) is 0 Å². The molecule has 1 unspecified atom stereocenters. The van der Waals surface area contributed by atoms with Crippen LogP contribution >= 0.6 is 11.3 Å². The third-order valence-electron chi connectivity index (χ3n) is 3.85. The molecule has 0 aliphatic heterocycles. The summed E-state index contributed by atoms with van der Waals surface area (Å²) in [7, 11) is 0. The second-order valence-electron chi connectivity index (χ2n) is 5.50. The highest BCUT2D eigenvalue weighted by molar-refractivity contribution is 7.16. The molecule has 0 radical (unpaired) electrons. The molecule has 0 aliphatic carbocycles. The van der Waals surface area contributed by atoms with Gasteiger partial charge in [0.05, 0.1) is 21.3 Å². The molecule has 0 spiro atoms. The van der Waals surface area contributed by atoms with Crippen molar-refractivity contribution in [2.24, 2.45) is 0 Å². The monoisotopic (exact) mass is 354 g/mol. The van der Waals surface area contributed by atoms with Gasteiger partial charge in [-0.05, 0) is 44.2 Å². The first kappa shape index (κ1) is 17.1. The molecule has 0 N–H and O–H groups in total. The van der Waals surface area contributed by atoms with Gasteiger partial charge in [0.1, 0.15) is 0 Å². The number of hydrogen-bond donors (Lipinski definition) is 0. The highest BCUT2D eigenvalue weighted by atomic mass is 32.1. The molecular weight excluding hydrogens is 336 g/mol. The van der Waals surface area contributed by atoms with E-state index in [0.717, 1.165) is 15.9 Å². The fraction of sp³-hybridized carbons (Fsp3) is 0.211. The summed E-state index contributed by atoms with van der Waals surface area (Å²) < 4.78 is 6.29. The number of benzene rings is 2. The predicted octanol–water partition coefficient (Wildman–Crippen LogP) is 3.89. The summed E-state index contributed by atoms with van der Waals surface area (Å²) in [6, 6.07) is 14.5. The number of carbonyl (C=O) groups excluding carboxylic acids is 2. The fourth-order valence-electron chi connectivity index (χ4n) is 2.55. The van der Waals surface area contributed by atoms with Crippen molar-refractivity contribution in [3.05, 3.63) is 59.6 Å². The van der Waals surface area contributed by atoms with E-state index >= 15 is 0 Å². The largest absolute Gasteiger partial charge is 0.449 e. The second-order valence-corrected chi connectivity index (χ2v) is 6.39. The zero-order valence-electron chi connectivity index (χ0n) is 14.0. The van der Waals surface area contributed by atoms with Crippen LogP contribution < -0.4 is 4.90 Å². The Morgan fingerprint density at radius 1 is 1.20 bits per heavy atom. The van der Waals surface area contributed by atoms with E-state index < -0.39 is 12.1 Å². The summed E-state index contributed by atoms with van der Waals surface area (Å²) in [6.07, 6.45) is -0.871. The number of amides is 1. The summed E-state index contributed by atoms with van der Waals surface area (Å²) >= 11 is 1.46. The molecule has 6 heteroatoms. The normalized spacial score (nSPS) is 11.9. The van der Waals surface area contributed by atoms with E-state index in [1.54, 1.807) is 35.5 Å². The zero-order valence-corrected chi connectivity index (χ0v) is 14.8. The van der Waals surface area contributed by atoms with Gasteiger partial charge in [0, 0.05) is 12.2 Å². The maximum atomic E-state index is 12.7. The molecule has 1 atom stereocenters. The van der Waals surface area contributed by atoms with E-state index in [1.807, 2.05) is 37.3 Å². The Morgan fingerprint density at radius 2 is 1.96 bits per heavy atom. The molecule has 3 aromatic rings. The highest BCUT2D eigenvalue weighted by Gasteiger charge is 2.24. The van der Waals surface area contributed by atoms with Crippen molar-refractivity contribution >= 4 is 39.1 Å². The molecule has 1 aromatic heterocycles. The SMILES string of the molecule is CCN(C(=O)C(C)OC(=O)c1ccc2ncsc2c1)c1ccccc1. The van der Waals surface area contributed by atoms with Crippen molar-refractivity contribution in [2.45, 2.75) is 20.0 Å². The van der Waals surface area contributed by atoms with Gasteiger partial charge in [0.25, 0.3) is 5.91 Å². The standard InChI is InChI=1S/C19H18N2O3S/c1-3-21(15-7-5-4-6-8-15)18(22)13(2)24-19(23)14-9-10-16-17(11-14)25-12-20-16/h4-13H,3H2,1-2H3. The number of ether oxygens (including phenoxy) is 1. The molecule has 0 fully saturated rings. The lowest BCUT2D eigenvalue weighted by Gasteiger charge is -2.24. The van der Waals surface area contributed by atoms with Gasteiger partial charge in [-0.3, -0.25) is 4.79 Å². The van der Waals surface area contributed by atoms with Crippen LogP contribution in [0, 0.1) is 0 Å². The maximum Gasteiger partial charge on any atom is 0.338 e. The Kier molecular flexibility index (Phi) is 5.09. The van der Waals surface area contributed by atoms with Crippen molar-refractivity contribution in [1.29, 1.82) is 0 Å². The lowest BCUT2D eigenvalue weighted by Crippen LogP contribution is -2.40. The van der Waals surface area contributed by atoms with Gasteiger partial charge in [0.15, 0.2) is 6.10 Å². The first-order chi connectivity index (χ1) is 12.1. The number of likely N-dealkylation sites (N-methyl/N-ethyl adjacent to an activating group) is 1. The molecule has 1 amide bonds. The van der Waals surface area contributed by atoms with Crippen LogP contribution in [0.5, 0.6) is 0 Å². The Bertz CT molecular complexity index is 892. The Morgan fingerprint density at radius 3 is 2.68 bits per heavy atom. The molecule has 3 rings (SSSR count). The van der Waals surface area contributed by atoms with Crippen LogP contribution in [0.15, 0.2) is 54.0 Å². The van der Waals surface area contributed by atoms with Crippen LogP contribution in [-0.2, 0) is 9.53 Å². The number of aromatic nitrogens is 1. The Hall–Kier alpha value is -2.73. The van der Waals surface area contributed by atoms with Crippen molar-refractivity contribution in [2.75, 3.05) is 11.4 Å². The number of esters is 1. The predicted molar refractivity (Wildman–Crippen MR) is 99.0 cm³/mol. The lowest BCUT2D eigenvalue weighted by molar-refractivity contribution is -0.126. The third-order valence-corrected chi connectivity index (χ3v) is 4.64. The Balaban J connectivity index is 1.72. The van der Waals surface area contributed by atoms with Gasteiger partial charge in [-0.15, -0.1) is 11.3 Å². The maximum absolute atomic E-state index is 12.7. The van der Waals surface area contributed by atoms with Gasteiger partial charge in [-0.1, -0.05) is 18.2 Å². The van der Waals surface area contributed by atoms with E-state index in [-0.39, 0.29) is 5.91 Å². The lowest BCUT2D eigenvalue weighted by atomic mass is 10.2. The minimum Gasteiger partial charge on any atom is -0.449 e. The van der Waals surface area contributed by atoms with Crippen molar-refractivity contribution in [3.8, 4) is 0 Å². The minimum atomic E-state index is -0.871. The molecule has 0 saturated heterocycles. The summed E-state index contributed by atoms with van der Waals surface area (Å²) in [5.74, 6) is -0.763. The molecule has 0 bridgehead atoms. The number of nitrogens with zero attached hydrogens (tertiary/aromatic N) is 2. The molecule has 0 saturated carbocycles. The van der Waals surface area contributed by atoms with Crippen LogP contribution in [0.3, 0.4) is 0 Å². The number of thiazole rings is 1. The van der Waals surface area contributed by atoms with E-state index in [4.69, 9.17) is 4.74 Å². The smallest absolute Gasteiger partial charge is 0.338 e. The Labute approximate surface area is 149 Å². The van der Waals surface area contributed by atoms with Crippen LogP contribution in [0.1, 0.15) is 24.2 Å². The average molecular weight is 354 g/mol. The molecule has 0 aliphatic rings. The van der Waals surface area contributed by atoms with Crippen LogP contribution in [0.2, 0.25) is 0 Å². The number of anilines is 1. The molecule has 128 valence electrons. The summed E-state index contributed by atoms with van der Waals surface area (Å²) in [6.45, 7) is 3.98. The average Bonchev–Trinajstić information content (AvgIpc) is 3.10. The van der Waals surface area contributed by atoms with Crippen molar-refractivity contribution < 1.29 is 14.3 Å². The highest BCUT2D eigenvalue weighted by Crippen LogP contribution is 2.20. The first-order valence-electron chi connectivity index (χ1n) is 8.00. The topological polar surface area (TPSA) is 59.5 Å². The van der Waals surface area contributed by atoms with Crippen LogP contribution in [0.4, 0.5) is 5.69 Å². The van der Waals surface area contributed by atoms with E-state index in [1.165, 1.54) is 11.3 Å². The molecular formula is C19H18N2O3S. The summed E-state index contributed by atoms with van der Waals surface area (Å²) in [4.78, 5) is 30.8. The summed E-state index contributed by atoms with van der Waals surface area (Å²) in [5, 5.41) is 0. The number of carbonyl (C=O) groups is 2. The molecule has 25 heavy (non-hydrogen) atoms. The van der Waals surface area contributed by atoms with E-state index in [2.05, 4.69) is 4.98 Å². The van der Waals surface area contributed by atoms with Gasteiger partial charge >= 0.3 is 5.97 Å². The van der Waals surface area contributed by atoms with Crippen molar-refractivity contribution in [1.82, 2.24) is 4.98 Å². The number of rotatable bonds is 5. The van der Waals surface area contributed by atoms with Crippen molar-refractivity contribution in [3.63, 3.8) is 0 Å². The van der Waals surface area contributed by atoms with Gasteiger partial charge in [-0.25, -0.2) is 9.78 Å². The van der Waals surface area contributed by atoms with E-state index in [9.17, 15) is 9.59 Å².